The smallest absolute Gasteiger partial charge is 0.0493 e. The van der Waals surface area contributed by atoms with Crippen molar-refractivity contribution in [3.05, 3.63) is 96.1 Å². The molecule has 4 aromatic carbocycles. The number of benzene rings is 4. The average molecular weight is 366 g/mol. The van der Waals surface area contributed by atoms with Crippen molar-refractivity contribution < 1.29 is 0 Å². The van der Waals surface area contributed by atoms with E-state index in [-0.39, 0.29) is 0 Å². The fraction of sp³-hybridized carbons (Fsp3) is 0.185. The van der Waals surface area contributed by atoms with Crippen LogP contribution in [-0.4, -0.2) is 6.04 Å². The Balaban J connectivity index is 1.95. The van der Waals surface area contributed by atoms with Crippen molar-refractivity contribution in [2.45, 2.75) is 33.7 Å². The Morgan fingerprint density at radius 1 is 0.643 bits per heavy atom. The van der Waals surface area contributed by atoms with Crippen LogP contribution in [0.2, 0.25) is 0 Å². The first kappa shape index (κ1) is 18.3. The lowest BCUT2D eigenvalue weighted by atomic mass is 9.96. The van der Waals surface area contributed by atoms with Crippen molar-refractivity contribution in [1.82, 2.24) is 0 Å². The lowest BCUT2D eigenvalue weighted by Gasteiger charge is -2.32. The highest BCUT2D eigenvalue weighted by Crippen LogP contribution is 2.39. The number of aryl methyl sites for hydroxylation is 2. The molecule has 1 nitrogen and oxygen atoms in total. The molecule has 0 spiro atoms. The third kappa shape index (κ3) is 3.41. The first-order chi connectivity index (χ1) is 13.5. The van der Waals surface area contributed by atoms with Crippen molar-refractivity contribution in [2.24, 2.45) is 0 Å². The number of rotatable bonds is 4. The van der Waals surface area contributed by atoms with Crippen molar-refractivity contribution in [2.75, 3.05) is 4.90 Å². The molecule has 0 aliphatic carbocycles. The fourth-order valence-electron chi connectivity index (χ4n) is 4.18. The van der Waals surface area contributed by atoms with Gasteiger partial charge in [0, 0.05) is 23.0 Å². The summed E-state index contributed by atoms with van der Waals surface area (Å²) in [6.45, 7) is 8.87. The summed E-state index contributed by atoms with van der Waals surface area (Å²) < 4.78 is 0. The summed E-state index contributed by atoms with van der Waals surface area (Å²) in [5.41, 5.74) is 7.64. The Kier molecular flexibility index (Phi) is 4.92. The Morgan fingerprint density at radius 2 is 1.25 bits per heavy atom. The van der Waals surface area contributed by atoms with Gasteiger partial charge in [-0.15, -0.1) is 0 Å². The predicted molar refractivity (Wildman–Crippen MR) is 123 cm³/mol. The molecule has 140 valence electrons. The number of nitrogens with zero attached hydrogens (tertiary/aromatic N) is 1. The Hall–Kier alpha value is -3.06. The minimum Gasteiger partial charge on any atom is -0.338 e. The topological polar surface area (TPSA) is 3.24 Å². The Labute approximate surface area is 168 Å². The Morgan fingerprint density at radius 3 is 2.00 bits per heavy atom. The van der Waals surface area contributed by atoms with Gasteiger partial charge in [-0.3, -0.25) is 0 Å². The monoisotopic (exact) mass is 365 g/mol. The summed E-state index contributed by atoms with van der Waals surface area (Å²) in [6, 6.07) is 31.1. The molecule has 0 saturated heterocycles. The van der Waals surface area contributed by atoms with E-state index in [2.05, 4.69) is 118 Å². The molecule has 0 aliphatic rings. The molecule has 28 heavy (non-hydrogen) atoms. The molecule has 1 heteroatoms. The summed E-state index contributed by atoms with van der Waals surface area (Å²) in [4.78, 5) is 2.46. The van der Waals surface area contributed by atoms with Crippen LogP contribution in [0.15, 0.2) is 84.9 Å². The second-order valence-electron chi connectivity index (χ2n) is 7.85. The summed E-state index contributed by atoms with van der Waals surface area (Å²) in [5, 5.41) is 2.57. The lowest BCUT2D eigenvalue weighted by molar-refractivity contribution is 0.789. The molecular weight excluding hydrogens is 338 g/mol. The average Bonchev–Trinajstić information content (AvgIpc) is 2.67. The molecule has 0 bridgehead atoms. The summed E-state index contributed by atoms with van der Waals surface area (Å²) in [5.74, 6) is 0. The molecule has 4 rings (SSSR count). The summed E-state index contributed by atoms with van der Waals surface area (Å²) in [7, 11) is 0. The predicted octanol–water partition coefficient (Wildman–Crippen LogP) is 7.67. The quantitative estimate of drug-likeness (QED) is 0.358. The second kappa shape index (κ2) is 7.52. The third-order valence-electron chi connectivity index (χ3n) is 5.24. The second-order valence-corrected chi connectivity index (χ2v) is 7.85. The normalized spacial score (nSPS) is 11.2. The molecule has 0 aromatic heterocycles. The van der Waals surface area contributed by atoms with E-state index >= 15 is 0 Å². The highest BCUT2D eigenvalue weighted by atomic mass is 15.2. The van der Waals surface area contributed by atoms with Crippen molar-refractivity contribution in [3.63, 3.8) is 0 Å². The first-order valence-corrected chi connectivity index (χ1v) is 9.99. The number of para-hydroxylation sites is 1. The van der Waals surface area contributed by atoms with E-state index < -0.39 is 0 Å². The molecule has 0 atom stereocenters. The Bertz CT molecular complexity index is 1100. The lowest BCUT2D eigenvalue weighted by Crippen LogP contribution is -2.26. The van der Waals surface area contributed by atoms with Crippen LogP contribution >= 0.6 is 0 Å². The van der Waals surface area contributed by atoms with Gasteiger partial charge in [0.1, 0.15) is 0 Å². The van der Waals surface area contributed by atoms with Gasteiger partial charge in [-0.05, 0) is 73.4 Å². The fourth-order valence-corrected chi connectivity index (χ4v) is 4.18. The zero-order chi connectivity index (χ0) is 19.7. The first-order valence-electron chi connectivity index (χ1n) is 9.99. The van der Waals surface area contributed by atoms with Crippen LogP contribution in [0.25, 0.3) is 21.9 Å². The van der Waals surface area contributed by atoms with Crippen molar-refractivity contribution >= 4 is 22.1 Å². The van der Waals surface area contributed by atoms with E-state index in [1.165, 1.54) is 44.4 Å². The zero-order valence-corrected chi connectivity index (χ0v) is 17.1. The van der Waals surface area contributed by atoms with Crippen LogP contribution in [0.4, 0.5) is 11.4 Å². The standard InChI is InChI=1S/C27H27N/c1-19(2)28(23-17-20(3)16-21(4)18-23)27-15-8-7-13-26(27)25-14-9-11-22-10-5-6-12-24(22)25/h5-19H,1-4H3. The van der Waals surface area contributed by atoms with Gasteiger partial charge >= 0.3 is 0 Å². The highest BCUT2D eigenvalue weighted by Gasteiger charge is 2.18. The van der Waals surface area contributed by atoms with Crippen molar-refractivity contribution in [3.8, 4) is 11.1 Å². The van der Waals surface area contributed by atoms with Crippen LogP contribution < -0.4 is 4.90 Å². The number of hydrogen-bond donors (Lipinski definition) is 0. The van der Waals surface area contributed by atoms with Gasteiger partial charge in [0.05, 0.1) is 0 Å². The largest absolute Gasteiger partial charge is 0.338 e. The van der Waals surface area contributed by atoms with Gasteiger partial charge in [0.15, 0.2) is 0 Å². The van der Waals surface area contributed by atoms with E-state index in [1.54, 1.807) is 0 Å². The van der Waals surface area contributed by atoms with Crippen LogP contribution in [0, 0.1) is 13.8 Å². The van der Waals surface area contributed by atoms with Gasteiger partial charge in [-0.25, -0.2) is 0 Å². The van der Waals surface area contributed by atoms with E-state index in [0.29, 0.717) is 6.04 Å². The molecule has 0 radical (unpaired) electrons. The molecule has 0 heterocycles. The van der Waals surface area contributed by atoms with E-state index in [4.69, 9.17) is 0 Å². The molecule has 0 aliphatic heterocycles. The third-order valence-corrected chi connectivity index (χ3v) is 5.24. The summed E-state index contributed by atoms with van der Waals surface area (Å²) >= 11 is 0. The maximum absolute atomic E-state index is 2.46. The maximum atomic E-state index is 2.46. The van der Waals surface area contributed by atoms with E-state index in [0.717, 1.165) is 0 Å². The summed E-state index contributed by atoms with van der Waals surface area (Å²) in [6.07, 6.45) is 0. The molecule has 4 aromatic rings. The minimum atomic E-state index is 0.345. The molecule has 0 fully saturated rings. The van der Waals surface area contributed by atoms with Gasteiger partial charge in [-0.2, -0.15) is 0 Å². The number of hydrogen-bond acceptors (Lipinski definition) is 1. The van der Waals surface area contributed by atoms with Gasteiger partial charge in [0.25, 0.3) is 0 Å². The zero-order valence-electron chi connectivity index (χ0n) is 17.1. The molecule has 0 unspecified atom stereocenters. The van der Waals surface area contributed by atoms with E-state index in [9.17, 15) is 0 Å². The van der Waals surface area contributed by atoms with Crippen LogP contribution in [0.5, 0.6) is 0 Å². The maximum Gasteiger partial charge on any atom is 0.0493 e. The van der Waals surface area contributed by atoms with Crippen LogP contribution in [0.3, 0.4) is 0 Å². The number of anilines is 2. The molecule has 0 N–H and O–H groups in total. The van der Waals surface area contributed by atoms with E-state index in [1.807, 2.05) is 0 Å². The number of fused-ring (bicyclic) bond motifs is 1. The molecule has 0 amide bonds. The van der Waals surface area contributed by atoms with Gasteiger partial charge in [-0.1, -0.05) is 66.7 Å². The van der Waals surface area contributed by atoms with Gasteiger partial charge < -0.3 is 4.90 Å². The van der Waals surface area contributed by atoms with Crippen LogP contribution in [-0.2, 0) is 0 Å². The van der Waals surface area contributed by atoms with Crippen LogP contribution in [0.1, 0.15) is 25.0 Å². The SMILES string of the molecule is Cc1cc(C)cc(N(c2ccccc2-c2cccc3ccccc23)C(C)C)c1. The molecular formula is C27H27N. The minimum absolute atomic E-state index is 0.345. The van der Waals surface area contributed by atoms with Gasteiger partial charge in [0.2, 0.25) is 0 Å². The highest BCUT2D eigenvalue weighted by molar-refractivity contribution is 6.00. The van der Waals surface area contributed by atoms with Crippen molar-refractivity contribution in [1.29, 1.82) is 0 Å². The molecule has 0 saturated carbocycles.